The van der Waals surface area contributed by atoms with E-state index in [1.165, 1.54) is 0 Å². The molecule has 1 aliphatic heterocycles. The van der Waals surface area contributed by atoms with Gasteiger partial charge in [-0.3, -0.25) is 18.9 Å². The smallest absolute Gasteiger partial charge is 0.266 e. The molecule has 0 atom stereocenters. The quantitative estimate of drug-likeness (QED) is 0.649. The van der Waals surface area contributed by atoms with Gasteiger partial charge in [0.2, 0.25) is 0 Å². The van der Waals surface area contributed by atoms with Crippen LogP contribution in [0.25, 0.3) is 5.65 Å². The fraction of sp³-hybridized carbons (Fsp3) is 0.455. The van der Waals surface area contributed by atoms with Crippen molar-refractivity contribution in [2.75, 3.05) is 37.6 Å². The number of aromatic nitrogens is 4. The van der Waals surface area contributed by atoms with Gasteiger partial charge in [0.15, 0.2) is 0 Å². The molecule has 0 aliphatic carbocycles. The number of pyridine rings is 1. The van der Waals surface area contributed by atoms with Crippen molar-refractivity contribution in [2.45, 2.75) is 32.7 Å². The zero-order chi connectivity index (χ0) is 21.3. The molecule has 0 saturated carbocycles. The van der Waals surface area contributed by atoms with Gasteiger partial charge in [-0.05, 0) is 18.2 Å². The Kier molecular flexibility index (Phi) is 5.42. The van der Waals surface area contributed by atoms with Gasteiger partial charge in [-0.25, -0.2) is 9.67 Å². The molecule has 8 nitrogen and oxygen atoms in total. The first-order valence-corrected chi connectivity index (χ1v) is 10.4. The normalized spacial score (nSPS) is 15.6. The Hall–Kier alpha value is -3.00. The van der Waals surface area contributed by atoms with Crippen LogP contribution >= 0.6 is 0 Å². The lowest BCUT2D eigenvalue weighted by Crippen LogP contribution is -2.48. The molecular formula is C22H28N6O2. The molecule has 0 spiro atoms. The minimum atomic E-state index is -0.0906. The second kappa shape index (κ2) is 8.02. The summed E-state index contributed by atoms with van der Waals surface area (Å²) in [7, 11) is 0. The molecule has 0 amide bonds. The summed E-state index contributed by atoms with van der Waals surface area (Å²) in [5, 5.41) is 4.55. The summed E-state index contributed by atoms with van der Waals surface area (Å²) in [5.41, 5.74) is 1.35. The third kappa shape index (κ3) is 4.28. The van der Waals surface area contributed by atoms with E-state index in [-0.39, 0.29) is 16.5 Å². The molecule has 4 heterocycles. The van der Waals surface area contributed by atoms with E-state index in [1.54, 1.807) is 27.4 Å². The van der Waals surface area contributed by atoms with Crippen molar-refractivity contribution in [3.05, 3.63) is 69.0 Å². The molecule has 0 aromatic carbocycles. The van der Waals surface area contributed by atoms with Gasteiger partial charge in [-0.1, -0.05) is 26.8 Å². The maximum Gasteiger partial charge on any atom is 0.266 e. The Bertz CT molecular complexity index is 1150. The molecule has 3 aromatic heterocycles. The Morgan fingerprint density at radius 2 is 1.70 bits per heavy atom. The summed E-state index contributed by atoms with van der Waals surface area (Å²) < 4.78 is 3.12. The fourth-order valence-electron chi connectivity index (χ4n) is 3.65. The maximum atomic E-state index is 12.3. The Labute approximate surface area is 175 Å². The molecule has 0 N–H and O–H groups in total. The van der Waals surface area contributed by atoms with Crippen molar-refractivity contribution in [3.8, 4) is 0 Å². The van der Waals surface area contributed by atoms with Crippen molar-refractivity contribution in [2.24, 2.45) is 0 Å². The second-order valence-electron chi connectivity index (χ2n) is 8.74. The number of piperazine rings is 1. The molecule has 1 fully saturated rings. The molecule has 30 heavy (non-hydrogen) atoms. The van der Waals surface area contributed by atoms with Gasteiger partial charge in [-0.15, -0.1) is 0 Å². The van der Waals surface area contributed by atoms with E-state index in [2.05, 4.69) is 40.7 Å². The number of fused-ring (bicyclic) bond motifs is 1. The van der Waals surface area contributed by atoms with Crippen molar-refractivity contribution < 1.29 is 0 Å². The Balaban J connectivity index is 1.39. The van der Waals surface area contributed by atoms with Crippen LogP contribution in [-0.4, -0.2) is 56.8 Å². The van der Waals surface area contributed by atoms with Gasteiger partial charge in [0.25, 0.3) is 11.1 Å². The van der Waals surface area contributed by atoms with E-state index >= 15 is 0 Å². The summed E-state index contributed by atoms with van der Waals surface area (Å²) in [6, 6.07) is 10.6. The van der Waals surface area contributed by atoms with E-state index in [4.69, 9.17) is 0 Å². The number of hydrogen-bond acceptors (Lipinski definition) is 6. The third-order valence-corrected chi connectivity index (χ3v) is 5.52. The Morgan fingerprint density at radius 1 is 0.933 bits per heavy atom. The molecule has 1 aliphatic rings. The van der Waals surface area contributed by atoms with Crippen molar-refractivity contribution in [3.63, 3.8) is 0 Å². The van der Waals surface area contributed by atoms with Crippen LogP contribution in [0.4, 0.5) is 5.82 Å². The number of nitrogens with zero attached hydrogens (tertiary/aromatic N) is 6. The molecule has 158 valence electrons. The average molecular weight is 409 g/mol. The highest BCUT2D eigenvalue weighted by Crippen LogP contribution is 2.18. The predicted molar refractivity (Wildman–Crippen MR) is 117 cm³/mol. The van der Waals surface area contributed by atoms with Gasteiger partial charge in [-0.2, -0.15) is 5.10 Å². The minimum absolute atomic E-state index is 0.0672. The van der Waals surface area contributed by atoms with Crippen molar-refractivity contribution >= 4 is 11.5 Å². The molecular weight excluding hydrogens is 380 g/mol. The zero-order valence-corrected chi connectivity index (χ0v) is 17.8. The fourth-order valence-corrected chi connectivity index (χ4v) is 3.65. The second-order valence-corrected chi connectivity index (χ2v) is 8.74. The molecule has 4 rings (SSSR count). The number of hydrogen-bond donors (Lipinski definition) is 0. The van der Waals surface area contributed by atoms with Crippen LogP contribution in [0, 0.1) is 0 Å². The summed E-state index contributed by atoms with van der Waals surface area (Å²) in [6.07, 6.45) is 1.73. The molecule has 1 saturated heterocycles. The van der Waals surface area contributed by atoms with Crippen molar-refractivity contribution in [1.82, 2.24) is 24.1 Å². The van der Waals surface area contributed by atoms with Crippen LogP contribution in [0.15, 0.2) is 52.2 Å². The van der Waals surface area contributed by atoms with E-state index < -0.39 is 0 Å². The lowest BCUT2D eigenvalue weighted by Gasteiger charge is -2.35. The largest absolute Gasteiger partial charge is 0.354 e. The molecule has 8 heteroatoms. The highest BCUT2D eigenvalue weighted by atomic mass is 16.1. The first kappa shape index (κ1) is 20.3. The SMILES string of the molecule is CC(C)(C)c1ccc(=O)n(CCN2CCN(c3cc(=O)n4ccccc4n3)CC2)n1. The standard InChI is InChI=1S/C22H28N6O2/c1-22(2,3)17-7-8-20(29)28(24-17)15-12-25-10-13-26(14-11-25)19-16-21(30)27-9-5-4-6-18(27)23-19/h4-9,16H,10-15H2,1-3H3. The monoisotopic (exact) mass is 408 g/mol. The Morgan fingerprint density at radius 3 is 2.43 bits per heavy atom. The lowest BCUT2D eigenvalue weighted by molar-refractivity contribution is 0.241. The van der Waals surface area contributed by atoms with E-state index in [9.17, 15) is 9.59 Å². The van der Waals surface area contributed by atoms with Crippen LogP contribution in [0.1, 0.15) is 26.5 Å². The highest BCUT2D eigenvalue weighted by Gasteiger charge is 2.20. The van der Waals surface area contributed by atoms with Crippen LogP contribution in [-0.2, 0) is 12.0 Å². The van der Waals surface area contributed by atoms with Crippen LogP contribution in [0.3, 0.4) is 0 Å². The molecule has 0 radical (unpaired) electrons. The third-order valence-electron chi connectivity index (χ3n) is 5.52. The predicted octanol–water partition coefficient (Wildman–Crippen LogP) is 1.37. The topological polar surface area (TPSA) is 75.7 Å². The lowest BCUT2D eigenvalue weighted by atomic mass is 9.92. The summed E-state index contributed by atoms with van der Waals surface area (Å²) in [4.78, 5) is 33.6. The van der Waals surface area contributed by atoms with Crippen molar-refractivity contribution in [1.29, 1.82) is 0 Å². The van der Waals surface area contributed by atoms with E-state index in [0.717, 1.165) is 44.2 Å². The summed E-state index contributed by atoms with van der Waals surface area (Å²) >= 11 is 0. The highest BCUT2D eigenvalue weighted by molar-refractivity contribution is 5.48. The van der Waals surface area contributed by atoms with Gasteiger partial charge in [0, 0.05) is 56.5 Å². The van der Waals surface area contributed by atoms with Gasteiger partial charge >= 0.3 is 0 Å². The van der Waals surface area contributed by atoms with E-state index in [0.29, 0.717) is 12.2 Å². The zero-order valence-electron chi connectivity index (χ0n) is 17.8. The summed E-state index contributed by atoms with van der Waals surface area (Å²) in [5.74, 6) is 0.724. The minimum Gasteiger partial charge on any atom is -0.354 e. The van der Waals surface area contributed by atoms with Crippen LogP contribution in [0.5, 0.6) is 0 Å². The van der Waals surface area contributed by atoms with Gasteiger partial charge in [0.1, 0.15) is 11.5 Å². The first-order chi connectivity index (χ1) is 14.3. The average Bonchev–Trinajstić information content (AvgIpc) is 2.73. The number of rotatable bonds is 4. The molecule has 0 unspecified atom stereocenters. The molecule has 0 bridgehead atoms. The van der Waals surface area contributed by atoms with Gasteiger partial charge in [0.05, 0.1) is 12.2 Å². The van der Waals surface area contributed by atoms with Crippen LogP contribution < -0.4 is 16.0 Å². The molecule has 3 aromatic rings. The first-order valence-electron chi connectivity index (χ1n) is 10.4. The van der Waals surface area contributed by atoms with E-state index in [1.807, 2.05) is 24.3 Å². The summed E-state index contributed by atoms with van der Waals surface area (Å²) in [6.45, 7) is 10.9. The van der Waals surface area contributed by atoms with Crippen LogP contribution in [0.2, 0.25) is 0 Å². The maximum absolute atomic E-state index is 12.3. The van der Waals surface area contributed by atoms with Gasteiger partial charge < -0.3 is 4.90 Å². The number of anilines is 1.